The molecule has 0 saturated carbocycles. The SMILES string of the molecule is C=CCOC(=O)NC[C@@H](CC)C(=O)O. The van der Waals surface area contributed by atoms with Crippen LogP contribution in [0.1, 0.15) is 13.3 Å². The van der Waals surface area contributed by atoms with E-state index in [9.17, 15) is 9.59 Å². The van der Waals surface area contributed by atoms with Crippen molar-refractivity contribution < 1.29 is 19.4 Å². The predicted molar refractivity (Wildman–Crippen MR) is 51.0 cm³/mol. The Kier molecular flexibility index (Phi) is 6.19. The average molecular weight is 201 g/mol. The molecule has 0 rings (SSSR count). The van der Waals surface area contributed by atoms with Gasteiger partial charge >= 0.3 is 12.1 Å². The Bertz CT molecular complexity index is 215. The van der Waals surface area contributed by atoms with Crippen molar-refractivity contribution in [3.63, 3.8) is 0 Å². The molecule has 0 radical (unpaired) electrons. The van der Waals surface area contributed by atoms with Crippen molar-refractivity contribution in [2.24, 2.45) is 5.92 Å². The second kappa shape index (κ2) is 6.94. The highest BCUT2D eigenvalue weighted by Crippen LogP contribution is 2.00. The highest BCUT2D eigenvalue weighted by atomic mass is 16.5. The van der Waals surface area contributed by atoms with Crippen LogP contribution in [0.15, 0.2) is 12.7 Å². The minimum atomic E-state index is -0.920. The van der Waals surface area contributed by atoms with E-state index in [-0.39, 0.29) is 13.2 Å². The Balaban J connectivity index is 3.73. The highest BCUT2D eigenvalue weighted by Gasteiger charge is 2.15. The maximum Gasteiger partial charge on any atom is 0.407 e. The van der Waals surface area contributed by atoms with Gasteiger partial charge in [0.1, 0.15) is 6.61 Å². The number of hydrogen-bond donors (Lipinski definition) is 2. The summed E-state index contributed by atoms with van der Waals surface area (Å²) in [4.78, 5) is 21.4. The Morgan fingerprint density at radius 2 is 2.29 bits per heavy atom. The van der Waals surface area contributed by atoms with Crippen molar-refractivity contribution >= 4 is 12.1 Å². The Morgan fingerprint density at radius 1 is 1.64 bits per heavy atom. The van der Waals surface area contributed by atoms with Crippen LogP contribution in [0.2, 0.25) is 0 Å². The van der Waals surface area contributed by atoms with Crippen molar-refractivity contribution in [2.75, 3.05) is 13.2 Å². The second-order valence-electron chi connectivity index (χ2n) is 2.71. The number of amides is 1. The van der Waals surface area contributed by atoms with Gasteiger partial charge in [-0.05, 0) is 6.42 Å². The molecular formula is C9H15NO4. The standard InChI is InChI=1S/C9H15NO4/c1-3-5-14-9(13)10-6-7(4-2)8(11)12/h3,7H,1,4-6H2,2H3,(H,10,13)(H,11,12)/t7-/m1/s1. The summed E-state index contributed by atoms with van der Waals surface area (Å²) in [6.45, 7) is 5.32. The number of aliphatic carboxylic acids is 1. The molecule has 80 valence electrons. The van der Waals surface area contributed by atoms with Crippen LogP contribution in [-0.4, -0.2) is 30.3 Å². The van der Waals surface area contributed by atoms with Crippen molar-refractivity contribution in [1.29, 1.82) is 0 Å². The lowest BCUT2D eigenvalue weighted by Gasteiger charge is -2.10. The Hall–Kier alpha value is -1.52. The van der Waals surface area contributed by atoms with Crippen molar-refractivity contribution in [3.8, 4) is 0 Å². The number of alkyl carbamates (subject to hydrolysis) is 1. The smallest absolute Gasteiger partial charge is 0.407 e. The molecule has 2 N–H and O–H groups in total. The number of carboxylic acids is 1. The van der Waals surface area contributed by atoms with Gasteiger partial charge in [-0.15, -0.1) is 0 Å². The summed E-state index contributed by atoms with van der Waals surface area (Å²) >= 11 is 0. The third kappa shape index (κ3) is 5.18. The van der Waals surface area contributed by atoms with Gasteiger partial charge in [-0.2, -0.15) is 0 Å². The molecule has 1 atom stereocenters. The number of carbonyl (C=O) groups excluding carboxylic acids is 1. The molecular weight excluding hydrogens is 186 g/mol. The van der Waals surface area contributed by atoms with Crippen LogP contribution in [0.3, 0.4) is 0 Å². The van der Waals surface area contributed by atoms with Crippen LogP contribution in [0.4, 0.5) is 4.79 Å². The van der Waals surface area contributed by atoms with Gasteiger partial charge in [0.2, 0.25) is 0 Å². The molecule has 14 heavy (non-hydrogen) atoms. The Morgan fingerprint density at radius 3 is 2.71 bits per heavy atom. The predicted octanol–water partition coefficient (Wildman–Crippen LogP) is 1.01. The van der Waals surface area contributed by atoms with Gasteiger partial charge in [0, 0.05) is 6.54 Å². The van der Waals surface area contributed by atoms with Gasteiger partial charge < -0.3 is 15.2 Å². The van der Waals surface area contributed by atoms with Gasteiger partial charge in [0.15, 0.2) is 0 Å². The molecule has 0 aromatic heterocycles. The fraction of sp³-hybridized carbons (Fsp3) is 0.556. The first-order valence-corrected chi connectivity index (χ1v) is 4.36. The maximum atomic E-state index is 10.9. The molecule has 0 aliphatic carbocycles. The number of carboxylic acid groups (broad SMARTS) is 1. The summed E-state index contributed by atoms with van der Waals surface area (Å²) in [5.41, 5.74) is 0. The van der Waals surface area contributed by atoms with Gasteiger partial charge in [0.05, 0.1) is 5.92 Å². The van der Waals surface area contributed by atoms with E-state index >= 15 is 0 Å². The van der Waals surface area contributed by atoms with Crippen LogP contribution < -0.4 is 5.32 Å². The van der Waals surface area contributed by atoms with E-state index < -0.39 is 18.0 Å². The average Bonchev–Trinajstić information content (AvgIpc) is 2.15. The fourth-order valence-corrected chi connectivity index (χ4v) is 0.798. The normalized spacial score (nSPS) is 11.5. The van der Waals surface area contributed by atoms with Gasteiger partial charge in [0.25, 0.3) is 0 Å². The number of hydrogen-bond acceptors (Lipinski definition) is 3. The van der Waals surface area contributed by atoms with Crippen molar-refractivity contribution in [2.45, 2.75) is 13.3 Å². The molecule has 0 heterocycles. The van der Waals surface area contributed by atoms with Crippen molar-refractivity contribution in [1.82, 2.24) is 5.32 Å². The zero-order chi connectivity index (χ0) is 11.0. The molecule has 0 aliphatic rings. The van der Waals surface area contributed by atoms with Gasteiger partial charge in [-0.1, -0.05) is 19.6 Å². The van der Waals surface area contributed by atoms with Crippen molar-refractivity contribution in [3.05, 3.63) is 12.7 Å². The molecule has 5 heteroatoms. The van der Waals surface area contributed by atoms with Crippen LogP contribution in [0.25, 0.3) is 0 Å². The van der Waals surface area contributed by atoms with E-state index in [4.69, 9.17) is 5.11 Å². The van der Waals surface area contributed by atoms with E-state index in [1.165, 1.54) is 6.08 Å². The van der Waals surface area contributed by atoms with Crippen LogP contribution >= 0.6 is 0 Å². The zero-order valence-corrected chi connectivity index (χ0v) is 8.16. The molecule has 0 aromatic rings. The quantitative estimate of drug-likeness (QED) is 0.629. The molecule has 0 aliphatic heterocycles. The summed E-state index contributed by atoms with van der Waals surface area (Å²) in [6.07, 6.45) is 1.29. The lowest BCUT2D eigenvalue weighted by Crippen LogP contribution is -2.33. The number of rotatable bonds is 6. The number of carbonyl (C=O) groups is 2. The summed E-state index contributed by atoms with van der Waals surface area (Å²) in [5, 5.41) is 11.0. The topological polar surface area (TPSA) is 75.6 Å². The molecule has 1 amide bonds. The third-order valence-electron chi connectivity index (χ3n) is 1.67. The largest absolute Gasteiger partial charge is 0.481 e. The van der Waals surface area contributed by atoms with Crippen LogP contribution in [-0.2, 0) is 9.53 Å². The first-order valence-electron chi connectivity index (χ1n) is 4.36. The van der Waals surface area contributed by atoms with Gasteiger partial charge in [-0.25, -0.2) is 4.79 Å². The minimum absolute atomic E-state index is 0.0851. The zero-order valence-electron chi connectivity index (χ0n) is 8.16. The number of nitrogens with one attached hydrogen (secondary N) is 1. The summed E-state index contributed by atoms with van der Waals surface area (Å²) in [5.74, 6) is -1.48. The first-order chi connectivity index (χ1) is 6.61. The van der Waals surface area contributed by atoms with Crippen LogP contribution in [0, 0.1) is 5.92 Å². The summed E-state index contributed by atoms with van der Waals surface area (Å²) in [7, 11) is 0. The molecule has 5 nitrogen and oxygen atoms in total. The molecule has 0 unspecified atom stereocenters. The van der Waals surface area contributed by atoms with Crippen LogP contribution in [0.5, 0.6) is 0 Å². The summed E-state index contributed by atoms with van der Waals surface area (Å²) < 4.78 is 4.60. The monoisotopic (exact) mass is 201 g/mol. The minimum Gasteiger partial charge on any atom is -0.481 e. The first kappa shape index (κ1) is 12.5. The highest BCUT2D eigenvalue weighted by molar-refractivity contribution is 5.72. The van der Waals surface area contributed by atoms with E-state index in [0.717, 1.165) is 0 Å². The molecule has 0 saturated heterocycles. The van der Waals surface area contributed by atoms with E-state index in [2.05, 4.69) is 16.6 Å². The number of ether oxygens (including phenoxy) is 1. The molecule has 0 aromatic carbocycles. The van der Waals surface area contributed by atoms with Gasteiger partial charge in [-0.3, -0.25) is 4.79 Å². The lowest BCUT2D eigenvalue weighted by molar-refractivity contribution is -0.141. The van der Waals surface area contributed by atoms with E-state index in [0.29, 0.717) is 6.42 Å². The summed E-state index contributed by atoms with van der Waals surface area (Å²) in [6, 6.07) is 0. The second-order valence-corrected chi connectivity index (χ2v) is 2.71. The molecule has 0 spiro atoms. The van der Waals surface area contributed by atoms with E-state index in [1.807, 2.05) is 0 Å². The fourth-order valence-electron chi connectivity index (χ4n) is 0.798. The Labute approximate surface area is 82.7 Å². The molecule has 0 bridgehead atoms. The van der Waals surface area contributed by atoms with E-state index in [1.54, 1.807) is 6.92 Å². The molecule has 0 fully saturated rings. The lowest BCUT2D eigenvalue weighted by atomic mass is 10.1. The third-order valence-corrected chi connectivity index (χ3v) is 1.67. The maximum absolute atomic E-state index is 10.9.